The van der Waals surface area contributed by atoms with Crippen LogP contribution in [0, 0.1) is 0 Å². The van der Waals surface area contributed by atoms with Gasteiger partial charge in [0.25, 0.3) is 0 Å². The number of nitrogens with zero attached hydrogens (tertiary/aromatic N) is 1. The summed E-state index contributed by atoms with van der Waals surface area (Å²) in [7, 11) is 1.69. The topological polar surface area (TPSA) is 33.7 Å². The molecule has 1 fully saturated rings. The number of hydrogen-bond donors (Lipinski definition) is 1. The van der Waals surface area contributed by atoms with E-state index in [1.165, 1.54) is 16.8 Å². The fourth-order valence-electron chi connectivity index (χ4n) is 3.47. The maximum absolute atomic E-state index is 6.05. The third-order valence-corrected chi connectivity index (χ3v) is 4.75. The van der Waals surface area contributed by atoms with Crippen LogP contribution in [0.1, 0.15) is 6.42 Å². The number of hydrogen-bond acceptors (Lipinski definition) is 4. The summed E-state index contributed by atoms with van der Waals surface area (Å²) in [6.45, 7) is 3.91. The highest BCUT2D eigenvalue weighted by atomic mass is 16.5. The molecule has 0 saturated carbocycles. The molecule has 0 aliphatic carbocycles. The van der Waals surface area contributed by atoms with E-state index in [9.17, 15) is 0 Å². The van der Waals surface area contributed by atoms with Crippen molar-refractivity contribution in [2.45, 2.75) is 12.5 Å². The Kier molecular flexibility index (Phi) is 3.83. The monoisotopic (exact) mass is 310 g/mol. The zero-order chi connectivity index (χ0) is 15.6. The van der Waals surface area contributed by atoms with E-state index in [0.29, 0.717) is 6.04 Å². The molecule has 4 rings (SSSR count). The van der Waals surface area contributed by atoms with Crippen LogP contribution >= 0.6 is 0 Å². The van der Waals surface area contributed by atoms with Crippen molar-refractivity contribution in [3.8, 4) is 22.6 Å². The lowest BCUT2D eigenvalue weighted by molar-refractivity contribution is 0.304. The minimum atomic E-state index is 0.539. The summed E-state index contributed by atoms with van der Waals surface area (Å²) < 4.78 is 11.3. The Bertz CT molecular complexity index is 684. The molecule has 2 aromatic rings. The number of rotatable bonds is 2. The molecular formula is C19H22N2O2. The van der Waals surface area contributed by atoms with E-state index in [2.05, 4.69) is 40.5 Å². The van der Waals surface area contributed by atoms with E-state index in [4.69, 9.17) is 9.47 Å². The lowest BCUT2D eigenvalue weighted by Gasteiger charge is -2.36. The van der Waals surface area contributed by atoms with E-state index < -0.39 is 0 Å². The molecule has 2 heterocycles. The van der Waals surface area contributed by atoms with Crippen molar-refractivity contribution in [3.05, 3.63) is 42.5 Å². The van der Waals surface area contributed by atoms with Gasteiger partial charge in [-0.3, -0.25) is 0 Å². The fourth-order valence-corrected chi connectivity index (χ4v) is 3.47. The molecule has 2 aliphatic heterocycles. The summed E-state index contributed by atoms with van der Waals surface area (Å²) >= 11 is 0. The predicted octanol–water partition coefficient (Wildman–Crippen LogP) is 2.92. The van der Waals surface area contributed by atoms with Gasteiger partial charge in [0.05, 0.1) is 19.4 Å². The van der Waals surface area contributed by atoms with Crippen molar-refractivity contribution in [2.24, 2.45) is 0 Å². The van der Waals surface area contributed by atoms with Crippen LogP contribution in [0.5, 0.6) is 11.5 Å². The van der Waals surface area contributed by atoms with Crippen LogP contribution in [0.15, 0.2) is 42.5 Å². The first kappa shape index (κ1) is 14.4. The molecular weight excluding hydrogens is 288 g/mol. The van der Waals surface area contributed by atoms with Gasteiger partial charge in [-0.15, -0.1) is 0 Å². The molecule has 0 spiro atoms. The van der Waals surface area contributed by atoms with Crippen LogP contribution < -0.4 is 19.7 Å². The average Bonchev–Trinajstić information content (AvgIpc) is 2.80. The number of methoxy groups -OCH3 is 1. The molecule has 0 radical (unpaired) electrons. The first-order valence-corrected chi connectivity index (χ1v) is 8.24. The van der Waals surface area contributed by atoms with Gasteiger partial charge in [0.2, 0.25) is 0 Å². The van der Waals surface area contributed by atoms with Gasteiger partial charge in [-0.2, -0.15) is 0 Å². The van der Waals surface area contributed by atoms with Crippen molar-refractivity contribution < 1.29 is 9.47 Å². The van der Waals surface area contributed by atoms with Crippen molar-refractivity contribution >= 4 is 5.69 Å². The predicted molar refractivity (Wildman–Crippen MR) is 92.5 cm³/mol. The van der Waals surface area contributed by atoms with Crippen molar-refractivity contribution in [2.75, 3.05) is 38.3 Å². The highest BCUT2D eigenvalue weighted by Crippen LogP contribution is 2.37. The molecule has 2 aromatic carbocycles. The van der Waals surface area contributed by atoms with Crippen molar-refractivity contribution in [1.82, 2.24) is 5.32 Å². The standard InChI is InChI=1S/C19H22N2O2/c1-22-17-5-2-14(3-6-17)15-4-7-18-19(12-15)23-11-8-16-13-20-9-10-21(16)18/h2-7,12,16,20H,8-11,13H2,1H3/t16-/m0/s1. The van der Waals surface area contributed by atoms with E-state index in [1.807, 2.05) is 12.1 Å². The molecule has 0 unspecified atom stereocenters. The van der Waals surface area contributed by atoms with Crippen LogP contribution in [-0.2, 0) is 0 Å². The molecule has 1 saturated heterocycles. The van der Waals surface area contributed by atoms with E-state index in [-0.39, 0.29) is 0 Å². The van der Waals surface area contributed by atoms with Crippen LogP contribution in [0.4, 0.5) is 5.69 Å². The minimum Gasteiger partial charge on any atom is -0.497 e. The summed E-state index contributed by atoms with van der Waals surface area (Å²) in [5.74, 6) is 1.88. The smallest absolute Gasteiger partial charge is 0.143 e. The zero-order valence-corrected chi connectivity index (χ0v) is 13.4. The van der Waals surface area contributed by atoms with E-state index in [0.717, 1.165) is 44.2 Å². The molecule has 4 heteroatoms. The molecule has 0 bridgehead atoms. The van der Waals surface area contributed by atoms with Gasteiger partial charge in [-0.25, -0.2) is 0 Å². The van der Waals surface area contributed by atoms with Gasteiger partial charge in [-0.05, 0) is 35.4 Å². The highest BCUT2D eigenvalue weighted by Gasteiger charge is 2.27. The van der Waals surface area contributed by atoms with Gasteiger partial charge in [0.1, 0.15) is 11.5 Å². The van der Waals surface area contributed by atoms with E-state index in [1.54, 1.807) is 7.11 Å². The number of anilines is 1. The summed E-state index contributed by atoms with van der Waals surface area (Å²) in [5, 5.41) is 3.48. The molecule has 0 aromatic heterocycles. The summed E-state index contributed by atoms with van der Waals surface area (Å²) in [5.41, 5.74) is 3.59. The summed E-state index contributed by atoms with van der Waals surface area (Å²) in [4.78, 5) is 2.50. The Morgan fingerprint density at radius 1 is 1.13 bits per heavy atom. The van der Waals surface area contributed by atoms with Gasteiger partial charge in [-0.1, -0.05) is 18.2 Å². The minimum absolute atomic E-state index is 0.539. The lowest BCUT2D eigenvalue weighted by atomic mass is 10.0. The number of nitrogens with one attached hydrogen (secondary N) is 1. The quantitative estimate of drug-likeness (QED) is 0.925. The first-order valence-electron chi connectivity index (χ1n) is 8.24. The first-order chi connectivity index (χ1) is 11.3. The van der Waals surface area contributed by atoms with Gasteiger partial charge < -0.3 is 19.7 Å². The van der Waals surface area contributed by atoms with Gasteiger partial charge in [0, 0.05) is 32.1 Å². The molecule has 0 amide bonds. The van der Waals surface area contributed by atoms with Crippen LogP contribution in [-0.4, -0.2) is 39.4 Å². The maximum atomic E-state index is 6.05. The molecule has 4 nitrogen and oxygen atoms in total. The Morgan fingerprint density at radius 3 is 2.78 bits per heavy atom. The third-order valence-electron chi connectivity index (χ3n) is 4.75. The zero-order valence-electron chi connectivity index (χ0n) is 13.4. The average molecular weight is 310 g/mol. The third kappa shape index (κ3) is 2.75. The molecule has 1 N–H and O–H groups in total. The molecule has 1 atom stereocenters. The summed E-state index contributed by atoms with van der Waals surface area (Å²) in [6.07, 6.45) is 1.07. The second-order valence-electron chi connectivity index (χ2n) is 6.10. The van der Waals surface area contributed by atoms with Gasteiger partial charge in [0.15, 0.2) is 0 Å². The number of ether oxygens (including phenoxy) is 2. The maximum Gasteiger partial charge on any atom is 0.143 e. The van der Waals surface area contributed by atoms with E-state index >= 15 is 0 Å². The normalized spacial score (nSPS) is 20.0. The van der Waals surface area contributed by atoms with Crippen LogP contribution in [0.3, 0.4) is 0 Å². The number of fused-ring (bicyclic) bond motifs is 3. The van der Waals surface area contributed by atoms with Gasteiger partial charge >= 0.3 is 0 Å². The second kappa shape index (κ2) is 6.13. The van der Waals surface area contributed by atoms with Crippen molar-refractivity contribution in [3.63, 3.8) is 0 Å². The molecule has 120 valence electrons. The largest absolute Gasteiger partial charge is 0.497 e. The molecule has 23 heavy (non-hydrogen) atoms. The number of benzene rings is 2. The Hall–Kier alpha value is -2.20. The lowest BCUT2D eigenvalue weighted by Crippen LogP contribution is -2.51. The number of piperazine rings is 1. The Morgan fingerprint density at radius 2 is 1.96 bits per heavy atom. The second-order valence-corrected chi connectivity index (χ2v) is 6.10. The summed E-state index contributed by atoms with van der Waals surface area (Å²) in [6, 6.07) is 15.3. The van der Waals surface area contributed by atoms with Crippen LogP contribution in [0.2, 0.25) is 0 Å². The highest BCUT2D eigenvalue weighted by molar-refractivity contribution is 5.72. The molecule has 2 aliphatic rings. The fraction of sp³-hybridized carbons (Fsp3) is 0.368. The SMILES string of the molecule is COc1ccc(-c2ccc3c(c2)OCC[C@H]2CNCCN32)cc1. The van der Waals surface area contributed by atoms with Crippen LogP contribution in [0.25, 0.3) is 11.1 Å². The van der Waals surface area contributed by atoms with Crippen molar-refractivity contribution in [1.29, 1.82) is 0 Å². The Labute approximate surface area is 137 Å². The Balaban J connectivity index is 1.68.